The number of carbonyl (C=O) groups excluding carboxylic acids is 8. The van der Waals surface area contributed by atoms with Crippen molar-refractivity contribution in [3.05, 3.63) is 306 Å². The van der Waals surface area contributed by atoms with Gasteiger partial charge in [0.05, 0.1) is 102 Å². The van der Waals surface area contributed by atoms with Gasteiger partial charge in [0.25, 0.3) is 0 Å². The first-order valence-electron chi connectivity index (χ1n) is 43.2. The van der Waals surface area contributed by atoms with Gasteiger partial charge in [-0.25, -0.2) is 45.7 Å². The third kappa shape index (κ3) is 37.2. The average Bonchev–Trinajstić information content (AvgIpc) is 1.66. The van der Waals surface area contributed by atoms with Crippen molar-refractivity contribution in [1.29, 1.82) is 0 Å². The molecule has 15 aromatic rings. The number of hydrogen-bond donors (Lipinski definition) is 5. The Balaban J connectivity index is 0.000000228. The number of hydrogen-bond acceptors (Lipinski definition) is 30. The molecule has 0 bridgehead atoms. The molecule has 1 aliphatic rings. The Kier molecular flexibility index (Phi) is 46.3. The molecule has 737 valence electrons. The number of methoxy groups -OCH3 is 1. The van der Waals surface area contributed by atoms with E-state index in [4.69, 9.17) is 45.0 Å². The number of halogens is 6. The Morgan fingerprint density at radius 1 is 0.455 bits per heavy atom. The quantitative estimate of drug-likeness (QED) is 0.00512. The van der Waals surface area contributed by atoms with Crippen LogP contribution in [0.3, 0.4) is 0 Å². The third-order valence-corrected chi connectivity index (χ3v) is 22.6. The molecule has 3 radical (unpaired) electrons. The van der Waals surface area contributed by atoms with E-state index in [0.29, 0.717) is 75.4 Å². The number of thiophene rings is 3. The maximum atomic E-state index is 15.0. The van der Waals surface area contributed by atoms with Crippen LogP contribution in [0.5, 0.6) is 40.2 Å². The summed E-state index contributed by atoms with van der Waals surface area (Å²) in [6, 6.07) is 51.5. The zero-order valence-electron chi connectivity index (χ0n) is 77.7. The summed E-state index contributed by atoms with van der Waals surface area (Å²) >= 11 is 4.37. The van der Waals surface area contributed by atoms with Crippen molar-refractivity contribution in [2.45, 2.75) is 113 Å². The summed E-state index contributed by atoms with van der Waals surface area (Å²) in [7, 11) is 5.90. The number of carboxylic acid groups (broad SMARTS) is 1. The molecule has 1 fully saturated rings. The minimum atomic E-state index is -1.20. The van der Waals surface area contributed by atoms with Crippen molar-refractivity contribution in [2.75, 3.05) is 44.5 Å². The van der Waals surface area contributed by atoms with E-state index in [9.17, 15) is 65.1 Å². The number of ketones is 4. The molecule has 1 saturated heterocycles. The first kappa shape index (κ1) is 114. The number of nitrogens with one attached hydrogen (secondary N) is 2. The monoisotopic (exact) mass is 2020 g/mol. The minimum Gasteiger partial charge on any atom is -0.793 e. The number of aromatic nitrogens is 6. The second kappa shape index (κ2) is 58.1. The number of carboxylic acids is 1. The van der Waals surface area contributed by atoms with Gasteiger partial charge in [-0.1, -0.05) is 69.8 Å². The van der Waals surface area contributed by atoms with Gasteiger partial charge < -0.3 is 68.3 Å². The van der Waals surface area contributed by atoms with E-state index in [0.717, 1.165) is 114 Å². The van der Waals surface area contributed by atoms with Crippen LogP contribution >= 0.6 is 34.0 Å². The van der Waals surface area contributed by atoms with E-state index >= 15 is 4.39 Å². The zero-order valence-corrected chi connectivity index (χ0v) is 82.1. The SMILES string of the molecule is C.CC(=O)OOC(C)=O.CCCN.CCCNCc1ccc(-c2cc3nccc(Oc4ccc(CC(=O)CC(=O)Cc5ccc(F)cc5)cc4F)c3s2)nc1.COc1ccc(-c2cc3nccc(Oc4ccc(CC(=O)CC(=O)Cc5ccc(F)cc5)cc4F)c3s2)nc1.Nc1ccc(Oc2ccnc3cc(-c4ccc(C5OCCO5)cn4)sc23)c(F)c1.O=C(O)CC(=O)Nc1ccc(F)cc1.[B-]OC(C)=O.[Na+]. The van der Waals surface area contributed by atoms with Crippen LogP contribution in [0, 0.1) is 34.9 Å². The molecular formula is C103H97BF6N10NaO19S3. The van der Waals surface area contributed by atoms with Crippen LogP contribution in [0.2, 0.25) is 0 Å². The van der Waals surface area contributed by atoms with Crippen molar-refractivity contribution in [3.63, 3.8) is 0 Å². The van der Waals surface area contributed by atoms with Gasteiger partial charge in [0.1, 0.15) is 70.0 Å². The van der Waals surface area contributed by atoms with Gasteiger partial charge in [0.15, 0.2) is 41.0 Å². The Labute approximate surface area is 853 Å². The van der Waals surface area contributed by atoms with Gasteiger partial charge in [-0.2, -0.15) is 0 Å². The topological polar surface area (TPSA) is 410 Å². The molecule has 0 atom stereocenters. The van der Waals surface area contributed by atoms with E-state index in [1.807, 2.05) is 60.8 Å². The van der Waals surface area contributed by atoms with Gasteiger partial charge >= 0.3 is 47.5 Å². The fraction of sp³-hybridized carbons (Fsp3) is 0.214. The number of rotatable bonds is 31. The first-order valence-corrected chi connectivity index (χ1v) is 45.7. The van der Waals surface area contributed by atoms with Crippen LogP contribution in [0.1, 0.15) is 114 Å². The van der Waals surface area contributed by atoms with Crippen LogP contribution in [-0.2, 0) is 99.3 Å². The van der Waals surface area contributed by atoms with Crippen molar-refractivity contribution in [3.8, 4) is 72.0 Å². The van der Waals surface area contributed by atoms with E-state index in [2.05, 4.69) is 76.9 Å². The Hall–Kier alpha value is -14.4. The summed E-state index contributed by atoms with van der Waals surface area (Å²) in [5.74, 6) is -5.54. The Morgan fingerprint density at radius 2 is 0.832 bits per heavy atom. The Bertz CT molecular complexity index is 6780. The number of nitrogens with two attached hydrogens (primary N) is 2. The molecular weight excluding hydrogens is 1930 g/mol. The fourth-order valence-electron chi connectivity index (χ4n) is 12.6. The molecule has 10 heterocycles. The molecule has 7 N–H and O–H groups in total. The molecule has 1 amide bonds. The van der Waals surface area contributed by atoms with Crippen LogP contribution in [0.15, 0.2) is 237 Å². The van der Waals surface area contributed by atoms with Crippen molar-refractivity contribution in [2.24, 2.45) is 5.73 Å². The molecule has 29 nitrogen and oxygen atoms in total. The number of Topliss-reactive ketones (excluding diaryl/α,β-unsaturated/α-hetero) is 4. The predicted octanol–water partition coefficient (Wildman–Crippen LogP) is 17.8. The summed E-state index contributed by atoms with van der Waals surface area (Å²) in [6.45, 7) is 11.4. The molecule has 40 heteroatoms. The van der Waals surface area contributed by atoms with Crippen molar-refractivity contribution >= 4 is 137 Å². The number of nitrogen functional groups attached to an aromatic ring is 1. The predicted molar refractivity (Wildman–Crippen MR) is 527 cm³/mol. The number of anilines is 2. The van der Waals surface area contributed by atoms with Gasteiger partial charge in [0.2, 0.25) is 11.9 Å². The molecule has 143 heavy (non-hydrogen) atoms. The summed E-state index contributed by atoms with van der Waals surface area (Å²) in [6.07, 6.45) is 10.6. The van der Waals surface area contributed by atoms with Gasteiger partial charge in [-0.15, -0.1) is 34.0 Å². The maximum Gasteiger partial charge on any atom is 1.00 e. The van der Waals surface area contributed by atoms with E-state index in [-0.39, 0.29) is 128 Å². The second-order valence-corrected chi connectivity index (χ2v) is 33.6. The number of aliphatic carboxylic acids is 1. The normalized spacial score (nSPS) is 11.0. The standard InChI is InChI=1S/C33H29F2N3O3S.C30H22F2N2O4S.C21H16FN3O3S.C9H8FNO3.C4H6O4.C3H9N.C2H3BO2.CH4.Na/c1-2-12-36-19-23-5-9-28(38-20-23)32-18-29-33(42-32)31(11-13-37-29)41-30-10-6-22(16-27(30)35)15-26(40)17-25(39)14-21-3-7-24(34)8-4-21;1-37-23-7-8-25(34-17-23)29-16-26-30(39-29)28(10-11-33-26)38-27-9-4-19(14-24(27)32)13-22(36)15-21(35)12-18-2-5-20(31)6-3-18;22-14-9-13(23)2-4-17(14)28-18-5-6-24-16-10-19(29-20(16)18)15-3-1-12(11-25-15)21-26-7-8-27-21;10-6-1-3-7(4-2-6)11-8(12)5-9(13)14;1-3(5)7-8-4(2)6;1-2-3-4;1-2(4)5-3;;/h3-11,13,16,18,20,36H,2,12,14-15,17,19H2,1H3;2-11,14,16-17H,12-13,15H2,1H3;1-6,9-11,21H,7-8,23H2;1-4H,5H2,(H,11,12)(H,13,14);1-2H3;2-4H2,1H3;1H3;1H4;/q;;;;;;-1;;+1. The molecule has 0 saturated carbocycles. The van der Waals surface area contributed by atoms with E-state index < -0.39 is 65.3 Å². The molecule has 1 aliphatic heterocycles. The van der Waals surface area contributed by atoms with Crippen LogP contribution in [0.4, 0.5) is 37.7 Å². The number of fused-ring (bicyclic) bond motifs is 3. The molecule has 0 aliphatic carbocycles. The first-order chi connectivity index (χ1) is 67.8. The molecule has 0 unspecified atom stereocenters. The number of ether oxygens (including phenoxy) is 6. The minimum absolute atomic E-state index is 0. The third-order valence-electron chi connectivity index (χ3n) is 19.1. The number of nitrogens with zero attached hydrogens (tertiary/aromatic N) is 6. The van der Waals surface area contributed by atoms with Crippen LogP contribution in [-0.4, -0.2) is 129 Å². The van der Waals surface area contributed by atoms with Crippen LogP contribution in [0.25, 0.3) is 62.4 Å². The number of benzene rings is 6. The number of carbonyl (C=O) groups is 9. The van der Waals surface area contributed by atoms with Gasteiger partial charge in [0, 0.05) is 125 Å². The largest absolute Gasteiger partial charge is 1.00 e. The summed E-state index contributed by atoms with van der Waals surface area (Å²) < 4.78 is 122. The van der Waals surface area contributed by atoms with Crippen LogP contribution < -0.4 is 70.6 Å². The Morgan fingerprint density at radius 3 is 1.18 bits per heavy atom. The van der Waals surface area contributed by atoms with Gasteiger partial charge in [-0.05, 0) is 181 Å². The summed E-state index contributed by atoms with van der Waals surface area (Å²) in [5, 5.41) is 14.0. The maximum absolute atomic E-state index is 15.0. The van der Waals surface area contributed by atoms with Crippen molar-refractivity contribution in [1.82, 2.24) is 35.2 Å². The number of amides is 1. The molecule has 9 aromatic heterocycles. The number of pyridine rings is 6. The smallest absolute Gasteiger partial charge is 0.793 e. The second-order valence-electron chi connectivity index (χ2n) is 30.4. The van der Waals surface area contributed by atoms with Gasteiger partial charge in [-0.3, -0.25) is 63.5 Å². The summed E-state index contributed by atoms with van der Waals surface area (Å²) in [5.41, 5.74) is 20.0. The zero-order chi connectivity index (χ0) is 101. The van der Waals surface area contributed by atoms with E-state index in [1.165, 1.54) is 150 Å². The molecule has 0 spiro atoms. The molecule has 16 rings (SSSR count). The summed E-state index contributed by atoms with van der Waals surface area (Å²) in [4.78, 5) is 137. The fourth-order valence-corrected chi connectivity index (χ4v) is 15.7. The van der Waals surface area contributed by atoms with E-state index in [1.54, 1.807) is 74.5 Å². The molecule has 6 aromatic carbocycles. The van der Waals surface area contributed by atoms with Crippen molar-refractivity contribution < 1.29 is 147 Å². The average molecular weight is 2020 g/mol.